The summed E-state index contributed by atoms with van der Waals surface area (Å²) in [6.45, 7) is 0. The molecule has 0 fully saturated rings. The Kier molecular flexibility index (Phi) is 3.08. The highest BCUT2D eigenvalue weighted by Gasteiger charge is 2.35. The van der Waals surface area contributed by atoms with E-state index in [1.165, 1.54) is 17.0 Å². The van der Waals surface area contributed by atoms with Crippen molar-refractivity contribution in [3.63, 3.8) is 0 Å². The van der Waals surface area contributed by atoms with Crippen molar-refractivity contribution in [1.29, 1.82) is 0 Å². The molecule has 0 saturated heterocycles. The summed E-state index contributed by atoms with van der Waals surface area (Å²) in [5, 5.41) is 28.3. The first-order valence-electron chi connectivity index (χ1n) is 9.32. The van der Waals surface area contributed by atoms with Crippen LogP contribution in [0.5, 0.6) is 5.75 Å². The van der Waals surface area contributed by atoms with E-state index in [2.05, 4.69) is 5.32 Å². The zero-order valence-corrected chi connectivity index (χ0v) is 15.4. The van der Waals surface area contributed by atoms with Gasteiger partial charge < -0.3 is 10.4 Å². The molecular weight excluding hydrogens is 382 g/mol. The summed E-state index contributed by atoms with van der Waals surface area (Å²) in [6, 6.07) is 17.2. The molecule has 0 aliphatic carbocycles. The van der Waals surface area contributed by atoms with Gasteiger partial charge in [0.05, 0.1) is 21.9 Å². The second-order valence-electron chi connectivity index (χ2n) is 7.29. The molecule has 0 aromatic heterocycles. The number of nitro benzene ring substituents is 1. The summed E-state index contributed by atoms with van der Waals surface area (Å²) in [5.74, 6) is 0.373. The molecule has 0 radical (unpaired) electrons. The third kappa shape index (κ3) is 2.00. The lowest BCUT2D eigenvalue weighted by atomic mass is 9.91. The summed E-state index contributed by atoms with van der Waals surface area (Å²) < 4.78 is 0. The van der Waals surface area contributed by atoms with Gasteiger partial charge in [-0.1, -0.05) is 36.4 Å². The van der Waals surface area contributed by atoms with Crippen LogP contribution in [0.1, 0.15) is 15.9 Å². The van der Waals surface area contributed by atoms with Crippen LogP contribution in [0.15, 0.2) is 66.5 Å². The van der Waals surface area contributed by atoms with Gasteiger partial charge in [0.25, 0.3) is 11.6 Å². The van der Waals surface area contributed by atoms with E-state index in [4.69, 9.17) is 0 Å². The summed E-state index contributed by atoms with van der Waals surface area (Å²) in [7, 11) is 0. The highest BCUT2D eigenvalue weighted by Crippen LogP contribution is 2.47. The predicted molar refractivity (Wildman–Crippen MR) is 115 cm³/mol. The molecule has 2 aliphatic heterocycles. The number of aromatic hydroxyl groups is 1. The minimum absolute atomic E-state index is 0.143. The molecule has 0 bridgehead atoms. The number of phenolic OH excluding ortho intramolecular Hbond substituents is 1. The lowest BCUT2D eigenvalue weighted by molar-refractivity contribution is -0.384. The van der Waals surface area contributed by atoms with Gasteiger partial charge >= 0.3 is 0 Å². The van der Waals surface area contributed by atoms with Crippen LogP contribution in [-0.4, -0.2) is 15.9 Å². The van der Waals surface area contributed by atoms with Gasteiger partial charge in [-0.05, 0) is 29.2 Å². The maximum absolute atomic E-state index is 13.4. The lowest BCUT2D eigenvalue weighted by Gasteiger charge is -2.35. The van der Waals surface area contributed by atoms with E-state index in [1.807, 2.05) is 42.5 Å². The number of anilines is 2. The van der Waals surface area contributed by atoms with E-state index < -0.39 is 4.92 Å². The number of nitrogens with one attached hydrogen (secondary N) is 1. The van der Waals surface area contributed by atoms with Crippen molar-refractivity contribution in [3.8, 4) is 5.75 Å². The standard InChI is InChI=1S/C23H13N3O4/c27-22-14-5-2-1-4-13(14)16-11-20-24-18-9-8-12(26(29)30)10-17(18)23(28)25(20)19-7-3-6-15(22)21(16)19/h1-11,24,27H. The quantitative estimate of drug-likeness (QED) is 0.269. The molecule has 30 heavy (non-hydrogen) atoms. The van der Waals surface area contributed by atoms with E-state index >= 15 is 0 Å². The summed E-state index contributed by atoms with van der Waals surface area (Å²) in [4.78, 5) is 25.6. The molecule has 1 amide bonds. The van der Waals surface area contributed by atoms with Gasteiger partial charge in [-0.3, -0.25) is 19.8 Å². The van der Waals surface area contributed by atoms with Crippen LogP contribution in [-0.2, 0) is 0 Å². The number of rotatable bonds is 1. The highest BCUT2D eigenvalue weighted by molar-refractivity contribution is 6.24. The van der Waals surface area contributed by atoms with E-state index in [0.717, 1.165) is 21.7 Å². The Morgan fingerprint density at radius 3 is 2.53 bits per heavy atom. The van der Waals surface area contributed by atoms with Crippen LogP contribution in [0.2, 0.25) is 0 Å². The number of hydrogen-bond donors (Lipinski definition) is 2. The Morgan fingerprint density at radius 2 is 1.73 bits per heavy atom. The fourth-order valence-corrected chi connectivity index (χ4v) is 4.39. The summed E-state index contributed by atoms with van der Waals surface area (Å²) in [6.07, 6.45) is 1.89. The third-order valence-corrected chi connectivity index (χ3v) is 5.71. The van der Waals surface area contributed by atoms with Gasteiger partial charge in [0.1, 0.15) is 11.6 Å². The van der Waals surface area contributed by atoms with E-state index in [0.29, 0.717) is 22.6 Å². The largest absolute Gasteiger partial charge is 0.507 e. The first-order chi connectivity index (χ1) is 14.5. The van der Waals surface area contributed by atoms with Crippen LogP contribution in [0.3, 0.4) is 0 Å². The molecule has 0 unspecified atom stereocenters. The SMILES string of the molecule is O=C1c2cc([N+](=O)[O-])ccc2NC2=Cc3c4ccccc4c(O)c4cccc(c34)N12. The van der Waals surface area contributed by atoms with Crippen molar-refractivity contribution in [2.75, 3.05) is 10.2 Å². The minimum Gasteiger partial charge on any atom is -0.507 e. The number of nitro groups is 1. The number of carbonyl (C=O) groups excluding carboxylic acids is 1. The molecule has 2 aliphatic rings. The Hall–Kier alpha value is -4.39. The van der Waals surface area contributed by atoms with E-state index in [-0.39, 0.29) is 22.9 Å². The molecule has 4 aromatic carbocycles. The predicted octanol–water partition coefficient (Wildman–Crippen LogP) is 4.99. The molecule has 4 aromatic rings. The van der Waals surface area contributed by atoms with Crippen molar-refractivity contribution < 1.29 is 14.8 Å². The van der Waals surface area contributed by atoms with Crippen LogP contribution in [0.4, 0.5) is 17.1 Å². The Balaban J connectivity index is 1.68. The zero-order valence-electron chi connectivity index (χ0n) is 15.4. The number of amides is 1. The third-order valence-electron chi connectivity index (χ3n) is 5.71. The van der Waals surface area contributed by atoms with Crippen molar-refractivity contribution in [2.45, 2.75) is 0 Å². The Morgan fingerprint density at radius 1 is 0.967 bits per heavy atom. The van der Waals surface area contributed by atoms with E-state index in [9.17, 15) is 20.0 Å². The molecule has 144 valence electrons. The van der Waals surface area contributed by atoms with Gasteiger partial charge in [0, 0.05) is 28.3 Å². The second kappa shape index (κ2) is 5.57. The number of fused-ring (bicyclic) bond motifs is 5. The summed E-state index contributed by atoms with van der Waals surface area (Å²) in [5.41, 5.74) is 2.14. The van der Waals surface area contributed by atoms with Gasteiger partial charge in [-0.15, -0.1) is 0 Å². The van der Waals surface area contributed by atoms with Crippen LogP contribution >= 0.6 is 0 Å². The average Bonchev–Trinajstić information content (AvgIpc) is 2.76. The van der Waals surface area contributed by atoms with Crippen molar-refractivity contribution in [1.82, 2.24) is 0 Å². The van der Waals surface area contributed by atoms with Gasteiger partial charge in [0.15, 0.2) is 0 Å². The van der Waals surface area contributed by atoms with Gasteiger partial charge in [0.2, 0.25) is 0 Å². The molecule has 2 N–H and O–H groups in total. The van der Waals surface area contributed by atoms with E-state index in [1.54, 1.807) is 12.1 Å². The molecule has 2 heterocycles. The van der Waals surface area contributed by atoms with Crippen LogP contribution < -0.4 is 10.2 Å². The lowest BCUT2D eigenvalue weighted by Crippen LogP contribution is -2.39. The number of phenols is 1. The number of nitrogens with zero attached hydrogens (tertiary/aromatic N) is 2. The van der Waals surface area contributed by atoms with Gasteiger partial charge in [-0.25, -0.2) is 0 Å². The Bertz CT molecular complexity index is 1490. The number of non-ortho nitro benzene ring substituents is 1. The minimum atomic E-state index is -0.519. The number of benzene rings is 4. The maximum Gasteiger partial charge on any atom is 0.270 e. The van der Waals surface area contributed by atoms with Crippen LogP contribution in [0, 0.1) is 10.1 Å². The molecule has 7 nitrogen and oxygen atoms in total. The molecule has 6 rings (SSSR count). The Labute approximate surface area is 169 Å². The fourth-order valence-electron chi connectivity index (χ4n) is 4.39. The van der Waals surface area contributed by atoms with Crippen molar-refractivity contribution >= 4 is 50.6 Å². The smallest absolute Gasteiger partial charge is 0.270 e. The van der Waals surface area contributed by atoms with Crippen LogP contribution in [0.25, 0.3) is 27.6 Å². The number of carbonyl (C=O) groups is 1. The molecule has 7 heteroatoms. The maximum atomic E-state index is 13.4. The average molecular weight is 395 g/mol. The molecule has 0 atom stereocenters. The van der Waals surface area contributed by atoms with Crippen molar-refractivity contribution in [2.24, 2.45) is 0 Å². The molecule has 0 saturated carbocycles. The van der Waals surface area contributed by atoms with Crippen molar-refractivity contribution in [3.05, 3.63) is 87.7 Å². The molecule has 0 spiro atoms. The topological polar surface area (TPSA) is 95.7 Å². The normalized spacial score (nSPS) is 14.2. The second-order valence-corrected chi connectivity index (χ2v) is 7.29. The highest BCUT2D eigenvalue weighted by atomic mass is 16.6. The first kappa shape index (κ1) is 16.6. The monoisotopic (exact) mass is 395 g/mol. The fraction of sp³-hybridized carbons (Fsp3) is 0. The number of hydrogen-bond acceptors (Lipinski definition) is 5. The first-order valence-corrected chi connectivity index (χ1v) is 9.32. The van der Waals surface area contributed by atoms with Gasteiger partial charge in [-0.2, -0.15) is 0 Å². The summed E-state index contributed by atoms with van der Waals surface area (Å²) >= 11 is 0. The molecular formula is C23H13N3O4. The zero-order chi connectivity index (χ0) is 20.6.